The molecule has 0 atom stereocenters. The van der Waals surface area contributed by atoms with Gasteiger partial charge in [0.2, 0.25) is 0 Å². The average molecular weight is 461 g/mol. The van der Waals surface area contributed by atoms with Crippen molar-refractivity contribution in [2.45, 2.75) is 0 Å². The van der Waals surface area contributed by atoms with E-state index < -0.39 is 17.6 Å². The van der Waals surface area contributed by atoms with Crippen molar-refractivity contribution in [3.8, 4) is 22.8 Å². The molecule has 4 N–H and O–H groups in total. The lowest BCUT2D eigenvalue weighted by Crippen LogP contribution is -2.15. The van der Waals surface area contributed by atoms with Gasteiger partial charge in [0, 0.05) is 29.5 Å². The zero-order chi connectivity index (χ0) is 22.9. The monoisotopic (exact) mass is 461 g/mol. The number of benzene rings is 1. The molecule has 0 aliphatic heterocycles. The van der Waals surface area contributed by atoms with E-state index in [0.29, 0.717) is 22.2 Å². The Balaban J connectivity index is 1.47. The van der Waals surface area contributed by atoms with Gasteiger partial charge in [-0.1, -0.05) is 12.1 Å². The van der Waals surface area contributed by atoms with Gasteiger partial charge >= 0.3 is 0 Å². The number of nitrogens with one attached hydrogen (secondary N) is 2. The van der Waals surface area contributed by atoms with Crippen LogP contribution in [0.2, 0.25) is 0 Å². The third kappa shape index (κ3) is 3.81. The minimum atomic E-state index is -0.575. The van der Waals surface area contributed by atoms with Gasteiger partial charge in [0.1, 0.15) is 22.8 Å². The number of carbonyl (C=O) groups excluding carboxylic acids is 2. The fraction of sp³-hybridized carbons (Fsp3) is 0. The van der Waals surface area contributed by atoms with Gasteiger partial charge in [-0.3, -0.25) is 14.9 Å². The maximum atomic E-state index is 14.5. The van der Waals surface area contributed by atoms with Crippen LogP contribution in [0.5, 0.6) is 0 Å². The summed E-state index contributed by atoms with van der Waals surface area (Å²) in [6.07, 6.45) is 6.49. The largest absolute Gasteiger partial charge is 0.364 e. The van der Waals surface area contributed by atoms with Crippen molar-refractivity contribution in [1.82, 2.24) is 24.3 Å². The Morgan fingerprint density at radius 2 is 1.94 bits per heavy atom. The van der Waals surface area contributed by atoms with Gasteiger partial charge in [-0.2, -0.15) is 5.10 Å². The number of rotatable bonds is 6. The van der Waals surface area contributed by atoms with Gasteiger partial charge in [-0.05, 0) is 30.3 Å². The first-order valence-corrected chi connectivity index (χ1v) is 10.6. The quantitative estimate of drug-likeness (QED) is 0.357. The highest BCUT2D eigenvalue weighted by atomic mass is 32.1. The predicted octanol–water partition coefficient (Wildman–Crippen LogP) is 3.60. The minimum Gasteiger partial charge on any atom is -0.364 e. The molecule has 5 rings (SSSR count). The number of hydrogen-bond donors (Lipinski definition) is 3. The van der Waals surface area contributed by atoms with Gasteiger partial charge in [-0.25, -0.2) is 14.1 Å². The Bertz CT molecular complexity index is 1470. The Hall–Kier alpha value is -4.51. The van der Waals surface area contributed by atoms with E-state index in [2.05, 4.69) is 20.4 Å². The second-order valence-electron chi connectivity index (χ2n) is 6.99. The molecule has 4 heterocycles. The molecular formula is C22H16FN7O2S. The molecular weight excluding hydrogens is 445 g/mol. The van der Waals surface area contributed by atoms with Crippen molar-refractivity contribution in [2.24, 2.45) is 5.73 Å². The molecule has 0 saturated heterocycles. The lowest BCUT2D eigenvalue weighted by molar-refractivity contribution is 0.0994. The number of anilines is 1. The summed E-state index contributed by atoms with van der Waals surface area (Å²) in [6, 6.07) is 11.4. The standard InChI is InChI=1S/C22H16FN7O2S/c23-15-5-1-2-6-18(15)30-21(29-7-3-4-8-29)14(11-26-30)20(32)28-22-27-17(12-33-22)13-9-16(19(24)31)25-10-13/h1-12,25H,(H2,24,31)(H,27,28,32). The van der Waals surface area contributed by atoms with E-state index >= 15 is 0 Å². The highest BCUT2D eigenvalue weighted by Gasteiger charge is 2.22. The number of amides is 2. The third-order valence-electron chi connectivity index (χ3n) is 4.89. The minimum absolute atomic E-state index is 0.217. The summed E-state index contributed by atoms with van der Waals surface area (Å²) in [7, 11) is 0. The second-order valence-corrected chi connectivity index (χ2v) is 7.85. The maximum Gasteiger partial charge on any atom is 0.265 e. The Morgan fingerprint density at radius 1 is 1.15 bits per heavy atom. The van der Waals surface area contributed by atoms with Crippen molar-refractivity contribution >= 4 is 28.3 Å². The zero-order valence-electron chi connectivity index (χ0n) is 16.9. The Labute approximate surface area is 190 Å². The van der Waals surface area contributed by atoms with Crippen LogP contribution in [-0.4, -0.2) is 36.1 Å². The number of carbonyl (C=O) groups is 2. The van der Waals surface area contributed by atoms with E-state index in [-0.39, 0.29) is 16.9 Å². The van der Waals surface area contributed by atoms with Gasteiger partial charge < -0.3 is 15.3 Å². The van der Waals surface area contributed by atoms with Gasteiger partial charge in [0.25, 0.3) is 11.8 Å². The Kier molecular flexibility index (Phi) is 5.07. The number of hydrogen-bond acceptors (Lipinski definition) is 5. The van der Waals surface area contributed by atoms with Crippen LogP contribution in [0.3, 0.4) is 0 Å². The first-order valence-electron chi connectivity index (χ1n) is 9.73. The number of primary amides is 1. The molecule has 4 aromatic heterocycles. The molecule has 2 amide bonds. The van der Waals surface area contributed by atoms with Crippen LogP contribution in [0.25, 0.3) is 22.8 Å². The molecule has 1 aromatic carbocycles. The van der Waals surface area contributed by atoms with E-state index in [4.69, 9.17) is 5.73 Å². The van der Waals surface area contributed by atoms with Crippen LogP contribution in [0.4, 0.5) is 9.52 Å². The number of thiazole rings is 1. The number of aromatic nitrogens is 5. The molecule has 0 radical (unpaired) electrons. The van der Waals surface area contributed by atoms with Crippen molar-refractivity contribution < 1.29 is 14.0 Å². The second kappa shape index (κ2) is 8.20. The molecule has 0 aliphatic rings. The summed E-state index contributed by atoms with van der Waals surface area (Å²) in [6.45, 7) is 0. The molecule has 0 aliphatic carbocycles. The highest BCUT2D eigenvalue weighted by molar-refractivity contribution is 7.14. The fourth-order valence-electron chi connectivity index (χ4n) is 3.34. The predicted molar refractivity (Wildman–Crippen MR) is 121 cm³/mol. The summed E-state index contributed by atoms with van der Waals surface area (Å²) < 4.78 is 17.5. The first kappa shape index (κ1) is 20.4. The first-order chi connectivity index (χ1) is 16.0. The Morgan fingerprint density at radius 3 is 2.67 bits per heavy atom. The molecule has 0 spiro atoms. The average Bonchev–Trinajstić information content (AvgIpc) is 3.60. The number of H-pyrrole nitrogens is 1. The normalized spacial score (nSPS) is 10.9. The SMILES string of the molecule is NC(=O)c1cc(-c2csc(NC(=O)c3cnn(-c4ccccc4F)c3-n3cccc3)n2)c[nH]1. The van der Waals surface area contributed by atoms with Crippen LogP contribution in [-0.2, 0) is 0 Å². The van der Waals surface area contributed by atoms with E-state index in [0.717, 1.165) is 0 Å². The van der Waals surface area contributed by atoms with E-state index in [9.17, 15) is 14.0 Å². The van der Waals surface area contributed by atoms with Crippen LogP contribution >= 0.6 is 11.3 Å². The zero-order valence-corrected chi connectivity index (χ0v) is 17.7. The lowest BCUT2D eigenvalue weighted by Gasteiger charge is -2.11. The van der Waals surface area contributed by atoms with Crippen LogP contribution in [0, 0.1) is 5.82 Å². The number of nitrogens with two attached hydrogens (primary N) is 1. The van der Waals surface area contributed by atoms with Crippen LogP contribution in [0.15, 0.2) is 72.6 Å². The number of nitrogens with zero attached hydrogens (tertiary/aromatic N) is 4. The van der Waals surface area contributed by atoms with E-state index in [1.54, 1.807) is 64.9 Å². The van der Waals surface area contributed by atoms with Crippen LogP contribution < -0.4 is 11.1 Å². The van der Waals surface area contributed by atoms with Crippen molar-refractivity contribution in [1.29, 1.82) is 0 Å². The number of para-hydroxylation sites is 1. The molecule has 9 nitrogen and oxygen atoms in total. The molecule has 0 fully saturated rings. The molecule has 0 bridgehead atoms. The summed E-state index contributed by atoms with van der Waals surface area (Å²) in [4.78, 5) is 31.6. The van der Waals surface area contributed by atoms with Gasteiger partial charge in [-0.15, -0.1) is 11.3 Å². The molecule has 5 aromatic rings. The van der Waals surface area contributed by atoms with Crippen molar-refractivity contribution in [3.05, 3.63) is 89.7 Å². The topological polar surface area (TPSA) is 124 Å². The highest BCUT2D eigenvalue weighted by Crippen LogP contribution is 2.27. The molecule has 33 heavy (non-hydrogen) atoms. The van der Waals surface area contributed by atoms with Gasteiger partial charge in [0.05, 0.1) is 11.9 Å². The molecule has 11 heteroatoms. The molecule has 0 saturated carbocycles. The van der Waals surface area contributed by atoms with Gasteiger partial charge in [0.15, 0.2) is 10.9 Å². The van der Waals surface area contributed by atoms with E-state index in [1.807, 2.05) is 0 Å². The van der Waals surface area contributed by atoms with Crippen molar-refractivity contribution in [2.75, 3.05) is 5.32 Å². The molecule has 164 valence electrons. The smallest absolute Gasteiger partial charge is 0.265 e. The third-order valence-corrected chi connectivity index (χ3v) is 5.64. The van der Waals surface area contributed by atoms with E-state index in [1.165, 1.54) is 28.3 Å². The van der Waals surface area contributed by atoms with Crippen molar-refractivity contribution in [3.63, 3.8) is 0 Å². The summed E-state index contributed by atoms with van der Waals surface area (Å²) in [5.41, 5.74) is 7.23. The number of aromatic amines is 1. The van der Waals surface area contributed by atoms with Crippen LogP contribution in [0.1, 0.15) is 20.8 Å². The summed E-state index contributed by atoms with van der Waals surface area (Å²) >= 11 is 1.23. The molecule has 0 unspecified atom stereocenters. The fourth-order valence-corrected chi connectivity index (χ4v) is 4.05. The maximum absolute atomic E-state index is 14.5. The summed E-state index contributed by atoms with van der Waals surface area (Å²) in [5.74, 6) is -1.10. The summed E-state index contributed by atoms with van der Waals surface area (Å²) in [5, 5.41) is 9.14. The lowest BCUT2D eigenvalue weighted by atomic mass is 10.2. The number of halogens is 1.